The fourth-order valence-electron chi connectivity index (χ4n) is 2.36. The molecule has 0 amide bonds. The zero-order valence-corrected chi connectivity index (χ0v) is 11.3. The van der Waals surface area contributed by atoms with Gasteiger partial charge in [0.05, 0.1) is 13.5 Å². The average molecular weight is 246 g/mol. The first-order valence-electron chi connectivity index (χ1n) is 6.08. The average Bonchev–Trinajstić information content (AvgIpc) is 2.71. The zero-order valence-electron chi connectivity index (χ0n) is 11.3. The Bertz CT molecular complexity index is 599. The fourth-order valence-corrected chi connectivity index (χ4v) is 2.36. The molecule has 0 aromatic carbocycles. The highest BCUT2D eigenvalue weighted by molar-refractivity contribution is 5.84. The number of carbonyl (C=O) groups is 1. The first-order chi connectivity index (χ1) is 8.58. The maximum atomic E-state index is 11.5. The highest BCUT2D eigenvalue weighted by Crippen LogP contribution is 2.25. The van der Waals surface area contributed by atoms with E-state index < -0.39 is 0 Å². The number of hydrogen-bond donors (Lipinski definition) is 0. The van der Waals surface area contributed by atoms with E-state index >= 15 is 0 Å². The van der Waals surface area contributed by atoms with E-state index in [1.54, 1.807) is 0 Å². The van der Waals surface area contributed by atoms with Gasteiger partial charge in [0.1, 0.15) is 5.65 Å². The number of aryl methyl sites for hydroxylation is 3. The lowest BCUT2D eigenvalue weighted by atomic mass is 9.98. The van der Waals surface area contributed by atoms with E-state index in [4.69, 9.17) is 4.74 Å². The van der Waals surface area contributed by atoms with Gasteiger partial charge in [0.15, 0.2) is 0 Å². The van der Waals surface area contributed by atoms with Gasteiger partial charge in [0, 0.05) is 24.3 Å². The number of rotatable bonds is 3. The predicted octanol–water partition coefficient (Wildman–Crippen LogP) is 2.16. The lowest BCUT2D eigenvalue weighted by molar-refractivity contribution is -0.139. The van der Waals surface area contributed by atoms with Crippen molar-refractivity contribution in [3.05, 3.63) is 29.1 Å². The van der Waals surface area contributed by atoms with Gasteiger partial charge in [-0.05, 0) is 30.5 Å². The van der Waals surface area contributed by atoms with E-state index in [0.717, 1.165) is 28.7 Å². The summed E-state index contributed by atoms with van der Waals surface area (Å²) in [6, 6.07) is 2.06. The highest BCUT2D eigenvalue weighted by atomic mass is 16.5. The van der Waals surface area contributed by atoms with Crippen LogP contribution >= 0.6 is 0 Å². The molecule has 0 bridgehead atoms. The molecule has 0 unspecified atom stereocenters. The van der Waals surface area contributed by atoms with Crippen molar-refractivity contribution >= 4 is 17.0 Å². The number of pyridine rings is 1. The third-order valence-corrected chi connectivity index (χ3v) is 3.34. The lowest BCUT2D eigenvalue weighted by Gasteiger charge is -2.12. The van der Waals surface area contributed by atoms with Crippen LogP contribution in [0.4, 0.5) is 0 Å². The van der Waals surface area contributed by atoms with E-state index in [1.807, 2.05) is 24.7 Å². The topological polar surface area (TPSA) is 44.1 Å². The maximum Gasteiger partial charge on any atom is 0.310 e. The van der Waals surface area contributed by atoms with Gasteiger partial charge in [0.25, 0.3) is 0 Å². The smallest absolute Gasteiger partial charge is 0.310 e. The van der Waals surface area contributed by atoms with Crippen molar-refractivity contribution in [1.82, 2.24) is 9.55 Å². The Kier molecular flexibility index (Phi) is 3.36. The monoisotopic (exact) mass is 246 g/mol. The standard InChI is InChI=1S/C14H18N2O2/c1-5-10-11-6-7-16(3)14(11)15-9(2)12(10)8-13(17)18-4/h6-7H,5,8H2,1-4H3. The summed E-state index contributed by atoms with van der Waals surface area (Å²) in [4.78, 5) is 16.1. The zero-order chi connectivity index (χ0) is 13.3. The van der Waals surface area contributed by atoms with Crippen LogP contribution in [0.25, 0.3) is 11.0 Å². The Morgan fingerprint density at radius 2 is 2.17 bits per heavy atom. The first-order valence-corrected chi connectivity index (χ1v) is 6.08. The van der Waals surface area contributed by atoms with Crippen molar-refractivity contribution in [2.45, 2.75) is 26.7 Å². The van der Waals surface area contributed by atoms with Crippen LogP contribution < -0.4 is 0 Å². The van der Waals surface area contributed by atoms with Crippen molar-refractivity contribution in [2.24, 2.45) is 7.05 Å². The maximum absolute atomic E-state index is 11.5. The molecule has 2 heterocycles. The fraction of sp³-hybridized carbons (Fsp3) is 0.429. The second-order valence-corrected chi connectivity index (χ2v) is 4.42. The van der Waals surface area contributed by atoms with Gasteiger partial charge >= 0.3 is 5.97 Å². The Balaban J connectivity index is 2.64. The molecule has 96 valence electrons. The minimum atomic E-state index is -0.218. The third-order valence-electron chi connectivity index (χ3n) is 3.34. The van der Waals surface area contributed by atoms with Crippen LogP contribution in [0.2, 0.25) is 0 Å². The minimum Gasteiger partial charge on any atom is -0.469 e. The molecule has 0 fully saturated rings. The molecule has 2 aromatic rings. The minimum absolute atomic E-state index is 0.218. The predicted molar refractivity (Wildman–Crippen MR) is 70.5 cm³/mol. The van der Waals surface area contributed by atoms with Gasteiger partial charge in [-0.15, -0.1) is 0 Å². The van der Waals surface area contributed by atoms with Crippen LogP contribution in [0.15, 0.2) is 12.3 Å². The van der Waals surface area contributed by atoms with E-state index in [9.17, 15) is 4.79 Å². The van der Waals surface area contributed by atoms with Crippen LogP contribution in [0.1, 0.15) is 23.7 Å². The molecule has 0 aliphatic heterocycles. The number of esters is 1. The van der Waals surface area contributed by atoms with Crippen molar-refractivity contribution in [2.75, 3.05) is 7.11 Å². The van der Waals surface area contributed by atoms with Gasteiger partial charge < -0.3 is 9.30 Å². The number of hydrogen-bond acceptors (Lipinski definition) is 3. The molecule has 4 nitrogen and oxygen atoms in total. The van der Waals surface area contributed by atoms with Gasteiger partial charge in [0.2, 0.25) is 0 Å². The number of ether oxygens (including phenoxy) is 1. The second-order valence-electron chi connectivity index (χ2n) is 4.42. The molecule has 4 heteroatoms. The molecule has 0 radical (unpaired) electrons. The number of nitrogens with zero attached hydrogens (tertiary/aromatic N) is 2. The lowest BCUT2D eigenvalue weighted by Crippen LogP contribution is -2.10. The molecule has 0 saturated heterocycles. The SMILES string of the molecule is CCc1c(CC(=O)OC)c(C)nc2c1ccn2C. The van der Waals surface area contributed by atoms with Crippen LogP contribution in [0.5, 0.6) is 0 Å². The van der Waals surface area contributed by atoms with E-state index in [2.05, 4.69) is 18.0 Å². The quantitative estimate of drug-likeness (QED) is 0.779. The van der Waals surface area contributed by atoms with E-state index in [1.165, 1.54) is 12.7 Å². The summed E-state index contributed by atoms with van der Waals surface area (Å²) in [7, 11) is 3.39. The summed E-state index contributed by atoms with van der Waals surface area (Å²) in [6.07, 6.45) is 3.18. The number of carbonyl (C=O) groups excluding carboxylic acids is 1. The summed E-state index contributed by atoms with van der Waals surface area (Å²) in [5.74, 6) is -0.218. The Morgan fingerprint density at radius 1 is 1.44 bits per heavy atom. The molecular formula is C14H18N2O2. The number of aromatic nitrogens is 2. The van der Waals surface area contributed by atoms with Crippen molar-refractivity contribution < 1.29 is 9.53 Å². The molecule has 2 aromatic heterocycles. The van der Waals surface area contributed by atoms with Crippen LogP contribution in [-0.4, -0.2) is 22.6 Å². The van der Waals surface area contributed by atoms with Crippen molar-refractivity contribution in [3.63, 3.8) is 0 Å². The van der Waals surface area contributed by atoms with Crippen LogP contribution in [0, 0.1) is 6.92 Å². The summed E-state index contributed by atoms with van der Waals surface area (Å²) in [5.41, 5.74) is 4.08. The summed E-state index contributed by atoms with van der Waals surface area (Å²) in [6.45, 7) is 4.05. The van der Waals surface area contributed by atoms with Gasteiger partial charge in [-0.25, -0.2) is 4.98 Å². The second kappa shape index (κ2) is 4.80. The Labute approximate surface area is 107 Å². The Morgan fingerprint density at radius 3 is 2.78 bits per heavy atom. The van der Waals surface area contributed by atoms with E-state index in [-0.39, 0.29) is 5.97 Å². The summed E-state index contributed by atoms with van der Waals surface area (Å²) >= 11 is 0. The summed E-state index contributed by atoms with van der Waals surface area (Å²) in [5, 5.41) is 1.13. The highest BCUT2D eigenvalue weighted by Gasteiger charge is 2.16. The Hall–Kier alpha value is -1.84. The van der Waals surface area contributed by atoms with Gasteiger partial charge in [-0.1, -0.05) is 6.92 Å². The van der Waals surface area contributed by atoms with Crippen molar-refractivity contribution in [1.29, 1.82) is 0 Å². The van der Waals surface area contributed by atoms with E-state index in [0.29, 0.717) is 6.42 Å². The number of fused-ring (bicyclic) bond motifs is 1. The molecule has 0 atom stereocenters. The normalized spacial score (nSPS) is 10.9. The molecular weight excluding hydrogens is 228 g/mol. The third kappa shape index (κ3) is 1.98. The largest absolute Gasteiger partial charge is 0.469 e. The van der Waals surface area contributed by atoms with Gasteiger partial charge in [-0.3, -0.25) is 4.79 Å². The van der Waals surface area contributed by atoms with Crippen LogP contribution in [-0.2, 0) is 29.4 Å². The number of methoxy groups -OCH3 is 1. The van der Waals surface area contributed by atoms with Crippen molar-refractivity contribution in [3.8, 4) is 0 Å². The molecule has 0 aliphatic rings. The molecule has 2 rings (SSSR count). The van der Waals surface area contributed by atoms with Crippen LogP contribution in [0.3, 0.4) is 0 Å². The molecule has 0 spiro atoms. The first kappa shape index (κ1) is 12.6. The molecule has 0 saturated carbocycles. The van der Waals surface area contributed by atoms with Gasteiger partial charge in [-0.2, -0.15) is 0 Å². The molecule has 0 aliphatic carbocycles. The summed E-state index contributed by atoms with van der Waals surface area (Å²) < 4.78 is 6.76. The molecule has 0 N–H and O–H groups in total. The molecule has 18 heavy (non-hydrogen) atoms.